The molecule has 0 saturated carbocycles. The van der Waals surface area contributed by atoms with Crippen molar-refractivity contribution in [3.8, 4) is 0 Å². The van der Waals surface area contributed by atoms with Gasteiger partial charge in [-0.05, 0) is 92.7 Å². The van der Waals surface area contributed by atoms with Crippen LogP contribution in [-0.2, 0) is 19.4 Å². The lowest BCUT2D eigenvalue weighted by Gasteiger charge is -2.40. The first kappa shape index (κ1) is 29.0. The van der Waals surface area contributed by atoms with E-state index in [-0.39, 0.29) is 6.04 Å². The van der Waals surface area contributed by atoms with E-state index in [4.69, 9.17) is 0 Å². The summed E-state index contributed by atoms with van der Waals surface area (Å²) in [5.41, 5.74) is 6.96. The molecule has 2 aliphatic rings. The van der Waals surface area contributed by atoms with Crippen LogP contribution in [0.2, 0.25) is 0 Å². The highest BCUT2D eigenvalue weighted by Crippen LogP contribution is 2.30. The van der Waals surface area contributed by atoms with Gasteiger partial charge in [0, 0.05) is 32.9 Å². The molecule has 4 heteroatoms. The Kier molecular flexibility index (Phi) is 10.4. The first-order chi connectivity index (χ1) is 17.7. The Morgan fingerprint density at radius 3 is 2.62 bits per heavy atom. The van der Waals surface area contributed by atoms with E-state index in [0.717, 1.165) is 31.6 Å². The fourth-order valence-corrected chi connectivity index (χ4v) is 5.72. The molecule has 0 fully saturated rings. The molecule has 0 aromatic heterocycles. The summed E-state index contributed by atoms with van der Waals surface area (Å²) in [6, 6.07) is 8.28. The molecule has 0 amide bonds. The van der Waals surface area contributed by atoms with Crippen LogP contribution in [0.15, 0.2) is 71.2 Å². The van der Waals surface area contributed by atoms with Crippen molar-refractivity contribution in [1.29, 1.82) is 0 Å². The van der Waals surface area contributed by atoms with Gasteiger partial charge in [0.15, 0.2) is 0 Å². The first-order valence-electron chi connectivity index (χ1n) is 14.3. The molecule has 4 atom stereocenters. The van der Waals surface area contributed by atoms with Gasteiger partial charge in [-0.15, -0.1) is 0 Å². The molecular weight excluding hydrogens is 452 g/mol. The number of rotatable bonds is 11. The van der Waals surface area contributed by atoms with E-state index in [2.05, 4.69) is 119 Å². The Labute approximate surface area is 227 Å². The summed E-state index contributed by atoms with van der Waals surface area (Å²) in [4.78, 5) is 4.96. The molecule has 4 nitrogen and oxygen atoms in total. The highest BCUT2D eigenvalue weighted by Gasteiger charge is 2.27. The molecule has 37 heavy (non-hydrogen) atoms. The van der Waals surface area contributed by atoms with Crippen LogP contribution in [0.4, 0.5) is 0 Å². The molecule has 1 aromatic rings. The van der Waals surface area contributed by atoms with Crippen molar-refractivity contribution in [2.45, 2.75) is 98.3 Å². The largest absolute Gasteiger partial charge is 0.349 e. The van der Waals surface area contributed by atoms with E-state index in [1.165, 1.54) is 41.7 Å². The number of benzene rings is 1. The fraction of sp³-hybridized carbons (Fsp3) is 0.545. The van der Waals surface area contributed by atoms with Crippen LogP contribution in [0.3, 0.4) is 0 Å². The van der Waals surface area contributed by atoms with Crippen molar-refractivity contribution in [2.75, 3.05) is 13.6 Å². The van der Waals surface area contributed by atoms with Crippen molar-refractivity contribution in [2.24, 2.45) is 11.0 Å². The van der Waals surface area contributed by atoms with Gasteiger partial charge in [0.25, 0.3) is 0 Å². The number of fused-ring (bicyclic) bond motifs is 1. The number of aryl methyl sites for hydroxylation is 1. The van der Waals surface area contributed by atoms with Gasteiger partial charge in [-0.2, -0.15) is 5.10 Å². The van der Waals surface area contributed by atoms with Gasteiger partial charge in [-0.25, -0.2) is 5.01 Å². The first-order valence-corrected chi connectivity index (χ1v) is 14.3. The molecule has 0 spiro atoms. The standard InChI is InChI=1S/C33H50N4/c1-10-26(6)36-22-24(4)20-30-21-28(18-19-29(30)23-36)17-16-25(5)31(12-3)32-14-13-15-33(35(32)9)37(34-8)27(7)11-2/h12-15,18-19,21,24,26-27,32H,5,8,10-11,16-17,20,22-23H2,1-4,6-7,9H3/b31-12+. The Bertz CT molecular complexity index is 1030. The lowest BCUT2D eigenvalue weighted by molar-refractivity contribution is 0.176. The minimum absolute atomic E-state index is 0.144. The highest BCUT2D eigenvalue weighted by molar-refractivity contribution is 5.41. The second-order valence-corrected chi connectivity index (χ2v) is 11.2. The number of nitrogens with zero attached hydrogens (tertiary/aromatic N) is 4. The Hall–Kier alpha value is -2.59. The quantitative estimate of drug-likeness (QED) is 0.179. The van der Waals surface area contributed by atoms with Crippen LogP contribution in [0.1, 0.15) is 77.5 Å². The van der Waals surface area contributed by atoms with Crippen LogP contribution >= 0.6 is 0 Å². The normalized spacial score (nSPS) is 22.1. The predicted octanol–water partition coefficient (Wildman–Crippen LogP) is 7.34. The zero-order valence-corrected chi connectivity index (χ0v) is 24.5. The molecule has 0 saturated heterocycles. The van der Waals surface area contributed by atoms with Crippen LogP contribution in [0.25, 0.3) is 0 Å². The van der Waals surface area contributed by atoms with Crippen LogP contribution in [0.5, 0.6) is 0 Å². The molecule has 2 aliphatic heterocycles. The van der Waals surface area contributed by atoms with E-state index >= 15 is 0 Å². The maximum Gasteiger partial charge on any atom is 0.125 e. The summed E-state index contributed by atoms with van der Waals surface area (Å²) in [5, 5.41) is 6.37. The van der Waals surface area contributed by atoms with Gasteiger partial charge in [0.05, 0.1) is 12.1 Å². The minimum atomic E-state index is 0.144. The third-order valence-corrected chi connectivity index (χ3v) is 8.44. The predicted molar refractivity (Wildman–Crippen MR) is 161 cm³/mol. The summed E-state index contributed by atoms with van der Waals surface area (Å²) in [7, 11) is 2.15. The van der Waals surface area contributed by atoms with Crippen molar-refractivity contribution in [3.05, 3.63) is 82.7 Å². The van der Waals surface area contributed by atoms with Gasteiger partial charge >= 0.3 is 0 Å². The summed E-state index contributed by atoms with van der Waals surface area (Å²) in [6.07, 6.45) is 14.1. The summed E-state index contributed by atoms with van der Waals surface area (Å²) in [5.74, 6) is 1.77. The highest BCUT2D eigenvalue weighted by atomic mass is 15.5. The lowest BCUT2D eigenvalue weighted by Crippen LogP contribution is -2.42. The third-order valence-electron chi connectivity index (χ3n) is 8.44. The maximum atomic E-state index is 4.54. The van der Waals surface area contributed by atoms with E-state index in [9.17, 15) is 0 Å². The van der Waals surface area contributed by atoms with Crippen LogP contribution in [-0.4, -0.2) is 53.2 Å². The molecule has 0 radical (unpaired) electrons. The molecule has 1 aromatic carbocycles. The van der Waals surface area contributed by atoms with Gasteiger partial charge in [0.1, 0.15) is 5.82 Å². The van der Waals surface area contributed by atoms with Crippen molar-refractivity contribution in [3.63, 3.8) is 0 Å². The van der Waals surface area contributed by atoms with Gasteiger partial charge in [0.2, 0.25) is 0 Å². The van der Waals surface area contributed by atoms with E-state index in [1.54, 1.807) is 5.56 Å². The van der Waals surface area contributed by atoms with Gasteiger partial charge < -0.3 is 4.90 Å². The Morgan fingerprint density at radius 1 is 1.22 bits per heavy atom. The number of hydrogen-bond acceptors (Lipinski definition) is 4. The molecule has 0 N–H and O–H groups in total. The number of allylic oxidation sites excluding steroid dienone is 3. The monoisotopic (exact) mass is 502 g/mol. The molecule has 0 aliphatic carbocycles. The van der Waals surface area contributed by atoms with Gasteiger partial charge in [-0.1, -0.05) is 63.8 Å². The van der Waals surface area contributed by atoms with Crippen LogP contribution in [0, 0.1) is 5.92 Å². The topological polar surface area (TPSA) is 22.1 Å². The molecule has 2 heterocycles. The molecule has 202 valence electrons. The maximum absolute atomic E-state index is 4.54. The molecule has 3 rings (SSSR count). The number of hydrazone groups is 1. The second kappa shape index (κ2) is 13.3. The zero-order chi connectivity index (χ0) is 27.1. The van der Waals surface area contributed by atoms with Crippen molar-refractivity contribution >= 4 is 6.72 Å². The molecular formula is C33H50N4. The van der Waals surface area contributed by atoms with E-state index < -0.39 is 0 Å². The average molecular weight is 503 g/mol. The number of hydrogen-bond donors (Lipinski definition) is 0. The van der Waals surface area contributed by atoms with E-state index in [0.29, 0.717) is 18.0 Å². The summed E-state index contributed by atoms with van der Waals surface area (Å²) < 4.78 is 0. The Morgan fingerprint density at radius 2 is 1.97 bits per heavy atom. The third kappa shape index (κ3) is 6.84. The summed E-state index contributed by atoms with van der Waals surface area (Å²) in [6.45, 7) is 24.2. The SMILES string of the molecule is C=NN(C1=CC=CC(/C(=C/C)C(=C)CCc2ccc3c(c2)CC(C)CN(C(C)CC)C3)N1C)C(C)CC. The number of likely N-dealkylation sites (N-methyl/N-ethyl adjacent to an activating group) is 1. The zero-order valence-electron chi connectivity index (χ0n) is 24.5. The molecule has 0 bridgehead atoms. The molecule has 4 unspecified atom stereocenters. The lowest BCUT2D eigenvalue weighted by atomic mass is 9.90. The summed E-state index contributed by atoms with van der Waals surface area (Å²) >= 11 is 0. The van der Waals surface area contributed by atoms with E-state index in [1.807, 2.05) is 5.01 Å². The van der Waals surface area contributed by atoms with Crippen molar-refractivity contribution < 1.29 is 0 Å². The average Bonchev–Trinajstić information content (AvgIpc) is 3.06. The van der Waals surface area contributed by atoms with Gasteiger partial charge in [-0.3, -0.25) is 4.90 Å². The second-order valence-electron chi connectivity index (χ2n) is 11.2. The smallest absolute Gasteiger partial charge is 0.125 e. The van der Waals surface area contributed by atoms with Crippen LogP contribution < -0.4 is 0 Å². The van der Waals surface area contributed by atoms with Crippen molar-refractivity contribution in [1.82, 2.24) is 14.8 Å². The Balaban J connectivity index is 1.69. The fourth-order valence-electron chi connectivity index (χ4n) is 5.72. The minimum Gasteiger partial charge on any atom is -0.349 e.